The molecule has 0 bridgehead atoms. The number of hydrogen-bond acceptors (Lipinski definition) is 2. The number of hydrogen-bond donors (Lipinski definition) is 1. The summed E-state index contributed by atoms with van der Waals surface area (Å²) in [5, 5.41) is 7.92. The minimum Gasteiger partial charge on any atom is -0.366 e. The normalized spacial score (nSPS) is 25.9. The summed E-state index contributed by atoms with van der Waals surface area (Å²) in [5.41, 5.74) is 0.468. The first kappa shape index (κ1) is 12.5. The third-order valence-electron chi connectivity index (χ3n) is 4.02. The van der Waals surface area contributed by atoms with Crippen molar-refractivity contribution in [3.05, 3.63) is 12.3 Å². The highest BCUT2D eigenvalue weighted by Crippen LogP contribution is 2.38. The van der Waals surface area contributed by atoms with Crippen molar-refractivity contribution in [3.8, 4) is 0 Å². The molecule has 17 heavy (non-hydrogen) atoms. The van der Waals surface area contributed by atoms with Gasteiger partial charge in [0.15, 0.2) is 0 Å². The Balaban J connectivity index is 1.83. The average molecular weight is 235 g/mol. The van der Waals surface area contributed by atoms with Gasteiger partial charge in [-0.3, -0.25) is 4.68 Å². The van der Waals surface area contributed by atoms with Crippen molar-refractivity contribution in [2.45, 2.75) is 52.5 Å². The first-order valence-corrected chi connectivity index (χ1v) is 6.71. The van der Waals surface area contributed by atoms with Crippen LogP contribution in [0.3, 0.4) is 0 Å². The fourth-order valence-corrected chi connectivity index (χ4v) is 2.80. The summed E-state index contributed by atoms with van der Waals surface area (Å²) in [6.07, 6.45) is 7.22. The third-order valence-corrected chi connectivity index (χ3v) is 4.02. The zero-order chi connectivity index (χ0) is 12.5. The van der Waals surface area contributed by atoms with Gasteiger partial charge in [0.2, 0.25) is 0 Å². The zero-order valence-corrected chi connectivity index (χ0v) is 11.5. The Labute approximate surface area is 105 Å². The molecule has 1 aliphatic carbocycles. The first-order chi connectivity index (χ1) is 7.95. The molecular formula is C14H25N3. The Bertz CT molecular complexity index is 354. The molecule has 3 heteroatoms. The lowest BCUT2D eigenvalue weighted by Crippen LogP contribution is -2.31. The van der Waals surface area contributed by atoms with Crippen LogP contribution in [-0.2, 0) is 7.05 Å². The Morgan fingerprint density at radius 2 is 1.88 bits per heavy atom. The van der Waals surface area contributed by atoms with Crippen LogP contribution in [0.25, 0.3) is 0 Å². The summed E-state index contributed by atoms with van der Waals surface area (Å²) in [5.74, 6) is 1.90. The number of aryl methyl sites for hydroxylation is 1. The van der Waals surface area contributed by atoms with Gasteiger partial charge in [0.05, 0.1) is 0 Å². The second-order valence-corrected chi connectivity index (χ2v) is 6.43. The minimum absolute atomic E-state index is 0.468. The molecule has 1 fully saturated rings. The van der Waals surface area contributed by atoms with Gasteiger partial charge in [-0.25, -0.2) is 0 Å². The van der Waals surface area contributed by atoms with E-state index in [-0.39, 0.29) is 0 Å². The lowest BCUT2D eigenvalue weighted by Gasteiger charge is -2.37. The van der Waals surface area contributed by atoms with Crippen molar-refractivity contribution in [1.29, 1.82) is 0 Å². The smallest absolute Gasteiger partial charge is 0.148 e. The Kier molecular flexibility index (Phi) is 3.45. The first-order valence-electron chi connectivity index (χ1n) is 6.71. The fraction of sp³-hybridized carbons (Fsp3) is 0.786. The van der Waals surface area contributed by atoms with E-state index in [9.17, 15) is 0 Å². The predicted octanol–water partition coefficient (Wildman–Crippen LogP) is 3.44. The standard InChI is InChI=1S/C14H25N3/c1-14(2,3)11-5-7-12(8-6-11)15-13-9-10-17(4)16-13/h9-12H,5-8H2,1-4H3,(H,15,16). The van der Waals surface area contributed by atoms with Gasteiger partial charge in [-0.2, -0.15) is 5.10 Å². The second-order valence-electron chi connectivity index (χ2n) is 6.43. The zero-order valence-electron chi connectivity index (χ0n) is 11.5. The number of rotatable bonds is 2. The van der Waals surface area contributed by atoms with E-state index in [1.807, 2.05) is 17.9 Å². The summed E-state index contributed by atoms with van der Waals surface area (Å²) < 4.78 is 1.85. The van der Waals surface area contributed by atoms with E-state index >= 15 is 0 Å². The van der Waals surface area contributed by atoms with Gasteiger partial charge < -0.3 is 5.32 Å². The number of nitrogens with one attached hydrogen (secondary N) is 1. The van der Waals surface area contributed by atoms with E-state index in [4.69, 9.17) is 0 Å². The molecule has 0 amide bonds. The maximum Gasteiger partial charge on any atom is 0.148 e. The highest BCUT2D eigenvalue weighted by molar-refractivity contribution is 5.33. The van der Waals surface area contributed by atoms with Crippen LogP contribution in [0.1, 0.15) is 46.5 Å². The van der Waals surface area contributed by atoms with Crippen LogP contribution in [0, 0.1) is 11.3 Å². The summed E-state index contributed by atoms with van der Waals surface area (Å²) in [6.45, 7) is 7.10. The molecule has 0 unspecified atom stereocenters. The lowest BCUT2D eigenvalue weighted by atomic mass is 9.71. The lowest BCUT2D eigenvalue weighted by molar-refractivity contribution is 0.173. The van der Waals surface area contributed by atoms with Gasteiger partial charge in [-0.1, -0.05) is 20.8 Å². The van der Waals surface area contributed by atoms with Crippen LogP contribution in [0.15, 0.2) is 12.3 Å². The molecule has 0 aliphatic heterocycles. The van der Waals surface area contributed by atoms with E-state index in [1.165, 1.54) is 25.7 Å². The van der Waals surface area contributed by atoms with Crippen LogP contribution in [-0.4, -0.2) is 15.8 Å². The van der Waals surface area contributed by atoms with Crippen LogP contribution < -0.4 is 5.32 Å². The summed E-state index contributed by atoms with van der Waals surface area (Å²) in [4.78, 5) is 0. The highest BCUT2D eigenvalue weighted by Gasteiger charge is 2.29. The molecule has 1 aromatic heterocycles. The SMILES string of the molecule is Cn1ccc(NC2CCC(C(C)(C)C)CC2)n1. The molecule has 3 nitrogen and oxygen atoms in total. The van der Waals surface area contributed by atoms with Crippen LogP contribution in [0.2, 0.25) is 0 Å². The van der Waals surface area contributed by atoms with Gasteiger partial charge >= 0.3 is 0 Å². The van der Waals surface area contributed by atoms with Gasteiger partial charge in [0.1, 0.15) is 5.82 Å². The molecule has 1 aromatic rings. The van der Waals surface area contributed by atoms with Gasteiger partial charge in [-0.15, -0.1) is 0 Å². The second kappa shape index (κ2) is 4.71. The molecule has 1 saturated carbocycles. The van der Waals surface area contributed by atoms with Crippen molar-refractivity contribution < 1.29 is 0 Å². The van der Waals surface area contributed by atoms with E-state index in [0.29, 0.717) is 11.5 Å². The summed E-state index contributed by atoms with van der Waals surface area (Å²) >= 11 is 0. The van der Waals surface area contributed by atoms with E-state index in [1.54, 1.807) is 0 Å². The maximum absolute atomic E-state index is 4.38. The van der Waals surface area contributed by atoms with Crippen LogP contribution in [0.4, 0.5) is 5.82 Å². The van der Waals surface area contributed by atoms with Gasteiger partial charge in [0, 0.05) is 25.4 Å². The van der Waals surface area contributed by atoms with Crippen molar-refractivity contribution in [1.82, 2.24) is 9.78 Å². The molecule has 0 aromatic carbocycles. The minimum atomic E-state index is 0.468. The van der Waals surface area contributed by atoms with E-state index in [0.717, 1.165) is 11.7 Å². The molecule has 0 saturated heterocycles. The number of anilines is 1. The molecule has 1 N–H and O–H groups in total. The van der Waals surface area contributed by atoms with Crippen molar-refractivity contribution in [2.24, 2.45) is 18.4 Å². The Morgan fingerprint density at radius 3 is 2.35 bits per heavy atom. The number of aromatic nitrogens is 2. The molecule has 96 valence electrons. The summed E-state index contributed by atoms with van der Waals surface area (Å²) in [7, 11) is 1.96. The molecule has 0 spiro atoms. The van der Waals surface area contributed by atoms with Crippen molar-refractivity contribution in [3.63, 3.8) is 0 Å². The fourth-order valence-electron chi connectivity index (χ4n) is 2.80. The third kappa shape index (κ3) is 3.24. The highest BCUT2D eigenvalue weighted by atomic mass is 15.3. The van der Waals surface area contributed by atoms with E-state index in [2.05, 4.69) is 37.3 Å². The summed E-state index contributed by atoms with van der Waals surface area (Å²) in [6, 6.07) is 2.67. The maximum atomic E-state index is 4.38. The van der Waals surface area contributed by atoms with Gasteiger partial charge in [-0.05, 0) is 37.0 Å². The molecule has 1 aliphatic rings. The van der Waals surface area contributed by atoms with Gasteiger partial charge in [0.25, 0.3) is 0 Å². The molecule has 0 atom stereocenters. The molecule has 0 radical (unpaired) electrons. The molecular weight excluding hydrogens is 210 g/mol. The molecule has 1 heterocycles. The Hall–Kier alpha value is -0.990. The predicted molar refractivity (Wildman–Crippen MR) is 72.0 cm³/mol. The van der Waals surface area contributed by atoms with Crippen LogP contribution >= 0.6 is 0 Å². The molecule has 2 rings (SSSR count). The van der Waals surface area contributed by atoms with Crippen LogP contribution in [0.5, 0.6) is 0 Å². The topological polar surface area (TPSA) is 29.9 Å². The van der Waals surface area contributed by atoms with E-state index < -0.39 is 0 Å². The average Bonchev–Trinajstić information content (AvgIpc) is 2.63. The largest absolute Gasteiger partial charge is 0.366 e. The Morgan fingerprint density at radius 1 is 1.24 bits per heavy atom. The van der Waals surface area contributed by atoms with Crippen molar-refractivity contribution >= 4 is 5.82 Å². The monoisotopic (exact) mass is 235 g/mol. The quantitative estimate of drug-likeness (QED) is 0.851. The van der Waals surface area contributed by atoms with Crippen molar-refractivity contribution in [2.75, 3.05) is 5.32 Å². The number of nitrogens with zero attached hydrogens (tertiary/aromatic N) is 2.